The Morgan fingerprint density at radius 3 is 2.58 bits per heavy atom. The van der Waals surface area contributed by atoms with Gasteiger partial charge >= 0.3 is 0 Å². The van der Waals surface area contributed by atoms with Gasteiger partial charge in [-0.25, -0.2) is 0 Å². The molecule has 1 aliphatic carbocycles. The molecule has 0 spiro atoms. The second-order valence-electron chi connectivity index (χ2n) is 4.59. The quantitative estimate of drug-likeness (QED) is 0.710. The summed E-state index contributed by atoms with van der Waals surface area (Å²) in [6.07, 6.45) is 4.06. The standard InChI is InChI=1S/C9H18N2.ClH/c1-9(3-4-9)7-11-5-2-8(10)6-11;/h8H,2-7,10H2,1H3;1H/t8-;/m0./s1. The first-order valence-electron chi connectivity index (χ1n) is 4.66. The van der Waals surface area contributed by atoms with Gasteiger partial charge in [-0.3, -0.25) is 0 Å². The summed E-state index contributed by atoms with van der Waals surface area (Å²) in [4.78, 5) is 2.53. The van der Waals surface area contributed by atoms with E-state index in [-0.39, 0.29) is 12.4 Å². The van der Waals surface area contributed by atoms with Gasteiger partial charge in [0.1, 0.15) is 0 Å². The Labute approximate surface area is 80.9 Å². The van der Waals surface area contributed by atoms with Crippen molar-refractivity contribution in [2.75, 3.05) is 19.6 Å². The average molecular weight is 191 g/mol. The Balaban J connectivity index is 0.000000720. The summed E-state index contributed by atoms with van der Waals surface area (Å²) in [5, 5.41) is 0. The van der Waals surface area contributed by atoms with E-state index in [0.717, 1.165) is 6.54 Å². The molecule has 2 rings (SSSR count). The van der Waals surface area contributed by atoms with Crippen LogP contribution < -0.4 is 5.73 Å². The zero-order valence-electron chi connectivity index (χ0n) is 7.75. The molecule has 1 saturated carbocycles. The fourth-order valence-corrected chi connectivity index (χ4v) is 1.92. The number of nitrogens with zero attached hydrogens (tertiary/aromatic N) is 1. The summed E-state index contributed by atoms with van der Waals surface area (Å²) >= 11 is 0. The highest BCUT2D eigenvalue weighted by molar-refractivity contribution is 5.85. The minimum absolute atomic E-state index is 0. The molecule has 2 aliphatic rings. The van der Waals surface area contributed by atoms with E-state index in [1.807, 2.05) is 0 Å². The Morgan fingerprint density at radius 2 is 2.17 bits per heavy atom. The van der Waals surface area contributed by atoms with Crippen molar-refractivity contribution in [3.63, 3.8) is 0 Å². The zero-order valence-corrected chi connectivity index (χ0v) is 8.57. The summed E-state index contributed by atoms with van der Waals surface area (Å²) in [6, 6.07) is 0.456. The van der Waals surface area contributed by atoms with E-state index in [2.05, 4.69) is 11.8 Å². The molecule has 0 amide bonds. The van der Waals surface area contributed by atoms with Crippen LogP contribution in [-0.2, 0) is 0 Å². The molecule has 1 atom stereocenters. The zero-order chi connectivity index (χ0) is 7.90. The lowest BCUT2D eigenvalue weighted by molar-refractivity contribution is 0.273. The van der Waals surface area contributed by atoms with Crippen LogP contribution in [0, 0.1) is 5.41 Å². The second kappa shape index (κ2) is 3.52. The maximum atomic E-state index is 5.82. The molecule has 2 fully saturated rings. The molecule has 1 aliphatic heterocycles. The van der Waals surface area contributed by atoms with Crippen LogP contribution >= 0.6 is 12.4 Å². The predicted molar refractivity (Wildman–Crippen MR) is 53.6 cm³/mol. The number of likely N-dealkylation sites (tertiary alicyclic amines) is 1. The van der Waals surface area contributed by atoms with E-state index in [0.29, 0.717) is 11.5 Å². The first-order chi connectivity index (χ1) is 5.18. The third-order valence-corrected chi connectivity index (χ3v) is 3.02. The molecule has 12 heavy (non-hydrogen) atoms. The van der Waals surface area contributed by atoms with Gasteiger partial charge in [-0.2, -0.15) is 0 Å². The van der Waals surface area contributed by atoms with Crippen LogP contribution in [-0.4, -0.2) is 30.6 Å². The number of rotatable bonds is 2. The largest absolute Gasteiger partial charge is 0.326 e. The average Bonchev–Trinajstić information content (AvgIpc) is 2.49. The van der Waals surface area contributed by atoms with Gasteiger partial charge in [0.05, 0.1) is 0 Å². The maximum Gasteiger partial charge on any atom is 0.0180 e. The van der Waals surface area contributed by atoms with Crippen molar-refractivity contribution in [3.8, 4) is 0 Å². The van der Waals surface area contributed by atoms with Crippen LogP contribution in [0.15, 0.2) is 0 Å². The fourth-order valence-electron chi connectivity index (χ4n) is 1.92. The van der Waals surface area contributed by atoms with E-state index in [1.165, 1.54) is 32.4 Å². The molecular formula is C9H19ClN2. The maximum absolute atomic E-state index is 5.82. The smallest absolute Gasteiger partial charge is 0.0180 e. The molecule has 1 heterocycles. The van der Waals surface area contributed by atoms with Crippen molar-refractivity contribution >= 4 is 12.4 Å². The van der Waals surface area contributed by atoms with Crippen molar-refractivity contribution in [3.05, 3.63) is 0 Å². The molecular weight excluding hydrogens is 172 g/mol. The number of hydrogen-bond donors (Lipinski definition) is 1. The van der Waals surface area contributed by atoms with E-state index in [4.69, 9.17) is 5.73 Å². The van der Waals surface area contributed by atoms with Gasteiger partial charge in [-0.05, 0) is 31.2 Å². The highest BCUT2D eigenvalue weighted by Crippen LogP contribution is 2.45. The molecule has 0 aromatic rings. The summed E-state index contributed by atoms with van der Waals surface area (Å²) in [7, 11) is 0. The van der Waals surface area contributed by atoms with Crippen LogP contribution in [0.5, 0.6) is 0 Å². The molecule has 0 bridgehead atoms. The van der Waals surface area contributed by atoms with Gasteiger partial charge < -0.3 is 10.6 Å². The van der Waals surface area contributed by atoms with E-state index in [9.17, 15) is 0 Å². The van der Waals surface area contributed by atoms with Crippen LogP contribution in [0.3, 0.4) is 0 Å². The SMILES string of the molecule is CC1(CN2CC[C@H](N)C2)CC1.Cl. The summed E-state index contributed by atoms with van der Waals surface area (Å²) in [5.74, 6) is 0. The summed E-state index contributed by atoms with van der Waals surface area (Å²) in [6.45, 7) is 6.05. The lowest BCUT2D eigenvalue weighted by Crippen LogP contribution is -2.30. The Bertz CT molecular complexity index is 157. The van der Waals surface area contributed by atoms with Crippen molar-refractivity contribution in [2.24, 2.45) is 11.1 Å². The van der Waals surface area contributed by atoms with Crippen LogP contribution in [0.2, 0.25) is 0 Å². The lowest BCUT2D eigenvalue weighted by atomic mass is 10.1. The van der Waals surface area contributed by atoms with Gasteiger partial charge in [0.25, 0.3) is 0 Å². The van der Waals surface area contributed by atoms with Gasteiger partial charge in [0.15, 0.2) is 0 Å². The van der Waals surface area contributed by atoms with Gasteiger partial charge in [-0.15, -0.1) is 12.4 Å². The normalized spacial score (nSPS) is 33.0. The monoisotopic (exact) mass is 190 g/mol. The second-order valence-corrected chi connectivity index (χ2v) is 4.59. The van der Waals surface area contributed by atoms with Crippen molar-refractivity contribution in [1.29, 1.82) is 0 Å². The molecule has 72 valence electrons. The Hall–Kier alpha value is 0.210. The third kappa shape index (κ3) is 2.35. The topological polar surface area (TPSA) is 29.3 Å². The molecule has 0 aromatic carbocycles. The Morgan fingerprint density at radius 1 is 1.50 bits per heavy atom. The highest BCUT2D eigenvalue weighted by Gasteiger charge is 2.39. The van der Waals surface area contributed by atoms with E-state index < -0.39 is 0 Å². The molecule has 1 saturated heterocycles. The minimum atomic E-state index is 0. The van der Waals surface area contributed by atoms with E-state index >= 15 is 0 Å². The molecule has 0 radical (unpaired) electrons. The number of nitrogens with two attached hydrogens (primary N) is 1. The first-order valence-corrected chi connectivity index (χ1v) is 4.66. The van der Waals surface area contributed by atoms with Gasteiger partial charge in [0.2, 0.25) is 0 Å². The molecule has 2 nitrogen and oxygen atoms in total. The molecule has 3 heteroatoms. The van der Waals surface area contributed by atoms with Crippen molar-refractivity contribution < 1.29 is 0 Å². The molecule has 0 unspecified atom stereocenters. The Kier molecular flexibility index (Phi) is 3.02. The lowest BCUT2D eigenvalue weighted by Gasteiger charge is -2.19. The number of hydrogen-bond acceptors (Lipinski definition) is 2. The predicted octanol–water partition coefficient (Wildman–Crippen LogP) is 1.24. The van der Waals surface area contributed by atoms with E-state index in [1.54, 1.807) is 0 Å². The molecule has 0 aromatic heterocycles. The first kappa shape index (κ1) is 10.3. The van der Waals surface area contributed by atoms with Gasteiger partial charge in [-0.1, -0.05) is 6.92 Å². The minimum Gasteiger partial charge on any atom is -0.326 e. The third-order valence-electron chi connectivity index (χ3n) is 3.02. The summed E-state index contributed by atoms with van der Waals surface area (Å²) < 4.78 is 0. The fraction of sp³-hybridized carbons (Fsp3) is 1.00. The van der Waals surface area contributed by atoms with Crippen LogP contribution in [0.4, 0.5) is 0 Å². The summed E-state index contributed by atoms with van der Waals surface area (Å²) in [5.41, 5.74) is 6.49. The molecule has 2 N–H and O–H groups in total. The highest BCUT2D eigenvalue weighted by atomic mass is 35.5. The van der Waals surface area contributed by atoms with Crippen LogP contribution in [0.25, 0.3) is 0 Å². The van der Waals surface area contributed by atoms with Gasteiger partial charge in [0, 0.05) is 19.1 Å². The van der Waals surface area contributed by atoms with Crippen molar-refractivity contribution in [1.82, 2.24) is 4.90 Å². The van der Waals surface area contributed by atoms with Crippen LogP contribution in [0.1, 0.15) is 26.2 Å². The number of halogens is 1. The van der Waals surface area contributed by atoms with Crippen molar-refractivity contribution in [2.45, 2.75) is 32.2 Å².